The van der Waals surface area contributed by atoms with Gasteiger partial charge >= 0.3 is 0 Å². The molecule has 0 unspecified atom stereocenters. The monoisotopic (exact) mass is 212 g/mol. The maximum absolute atomic E-state index is 4.18. The van der Waals surface area contributed by atoms with Crippen LogP contribution in [0.2, 0.25) is 0 Å². The molecule has 3 nitrogen and oxygen atoms in total. The maximum atomic E-state index is 4.18. The largest absolute Gasteiger partial charge is 0.233 e. The fraction of sp³-hybridized carbons (Fsp3) is 0.143. The van der Waals surface area contributed by atoms with Crippen molar-refractivity contribution >= 4 is 27.0 Å². The molecule has 0 aromatic carbocycles. The fourth-order valence-electron chi connectivity index (χ4n) is 1.05. The Bertz CT molecular complexity index is 393. The van der Waals surface area contributed by atoms with Crippen molar-refractivity contribution in [3.63, 3.8) is 0 Å². The molecule has 1 N–H and O–H groups in total. The zero-order valence-electron chi connectivity index (χ0n) is 6.00. The number of nitrogens with one attached hydrogen (secondary N) is 1. The van der Waals surface area contributed by atoms with Crippen molar-refractivity contribution in [1.82, 2.24) is 10.1 Å². The number of pyridine rings is 1. The van der Waals surface area contributed by atoms with Gasteiger partial charge in [-0.05, 0) is 22.0 Å². The summed E-state index contributed by atoms with van der Waals surface area (Å²) in [6, 6.07) is 2.03. The molecule has 0 amide bonds. The minimum Gasteiger partial charge on any atom is -0.233 e. The van der Waals surface area contributed by atoms with Gasteiger partial charge in [0.2, 0.25) is 6.20 Å². The van der Waals surface area contributed by atoms with Crippen LogP contribution in [0.15, 0.2) is 22.9 Å². The highest BCUT2D eigenvalue weighted by molar-refractivity contribution is 9.10. The molecule has 0 saturated heterocycles. The smallest absolute Gasteiger partial charge is 0.204 e. The van der Waals surface area contributed by atoms with Crippen LogP contribution in [-0.4, -0.2) is 10.1 Å². The molecule has 2 aromatic rings. The second-order valence-electron chi connectivity index (χ2n) is 2.44. The van der Waals surface area contributed by atoms with Gasteiger partial charge in [-0.15, -0.1) is 9.78 Å². The highest BCUT2D eigenvalue weighted by Crippen LogP contribution is 2.13. The lowest BCUT2D eigenvalue weighted by Gasteiger charge is -1.84. The lowest BCUT2D eigenvalue weighted by molar-refractivity contribution is -0.724. The molecule has 0 aliphatic carbocycles. The standard InChI is InChI=1S/C7H6BrN3/c1-11-4-5-2-6(8)3-9-7(5)10-11/h2-4H,1H3/p+1. The maximum Gasteiger partial charge on any atom is 0.204 e. The number of fused-ring (bicyclic) bond motifs is 1. The van der Waals surface area contributed by atoms with E-state index in [0.29, 0.717) is 0 Å². The summed E-state index contributed by atoms with van der Waals surface area (Å²) in [7, 11) is 1.94. The third kappa shape index (κ3) is 1.14. The zero-order chi connectivity index (χ0) is 7.84. The van der Waals surface area contributed by atoms with Crippen molar-refractivity contribution < 1.29 is 4.68 Å². The minimum atomic E-state index is 0.913. The number of aryl methyl sites for hydroxylation is 1. The summed E-state index contributed by atoms with van der Waals surface area (Å²) in [6.07, 6.45) is 3.77. The van der Waals surface area contributed by atoms with Gasteiger partial charge in [-0.1, -0.05) is 0 Å². The Morgan fingerprint density at radius 2 is 2.45 bits per heavy atom. The molecule has 2 heterocycles. The van der Waals surface area contributed by atoms with Gasteiger partial charge in [0.1, 0.15) is 0 Å². The van der Waals surface area contributed by atoms with Crippen LogP contribution in [0, 0.1) is 0 Å². The summed E-state index contributed by atoms with van der Waals surface area (Å²) in [4.78, 5) is 4.18. The first-order valence-corrected chi connectivity index (χ1v) is 4.05. The summed E-state index contributed by atoms with van der Waals surface area (Å²) in [5, 5.41) is 4.18. The Labute approximate surface area is 72.2 Å². The van der Waals surface area contributed by atoms with Gasteiger partial charge in [0.05, 0.1) is 5.39 Å². The number of halogens is 1. The van der Waals surface area contributed by atoms with Crippen LogP contribution in [0.1, 0.15) is 0 Å². The van der Waals surface area contributed by atoms with Crippen LogP contribution >= 0.6 is 15.9 Å². The van der Waals surface area contributed by atoms with Gasteiger partial charge in [-0.3, -0.25) is 0 Å². The number of aromatic amines is 1. The third-order valence-electron chi connectivity index (χ3n) is 1.50. The summed E-state index contributed by atoms with van der Waals surface area (Å²) in [5.74, 6) is 0. The topological polar surface area (TPSA) is 32.6 Å². The van der Waals surface area contributed by atoms with Crippen molar-refractivity contribution in [3.8, 4) is 0 Å². The predicted molar refractivity (Wildman–Crippen MR) is 45.0 cm³/mol. The summed E-state index contributed by atoms with van der Waals surface area (Å²) < 4.78 is 2.88. The molecule has 0 aliphatic rings. The minimum absolute atomic E-state index is 0.913. The molecule has 2 rings (SSSR count). The van der Waals surface area contributed by atoms with Gasteiger partial charge in [0.25, 0.3) is 0 Å². The Morgan fingerprint density at radius 1 is 1.64 bits per heavy atom. The second kappa shape index (κ2) is 2.30. The van der Waals surface area contributed by atoms with Gasteiger partial charge < -0.3 is 0 Å². The second-order valence-corrected chi connectivity index (χ2v) is 3.36. The number of aromatic nitrogens is 3. The van der Waals surface area contributed by atoms with Crippen molar-refractivity contribution in [2.45, 2.75) is 0 Å². The summed E-state index contributed by atoms with van der Waals surface area (Å²) in [6.45, 7) is 0. The number of hydrogen-bond acceptors (Lipinski definition) is 1. The van der Waals surface area contributed by atoms with Crippen LogP contribution in [0.3, 0.4) is 0 Å². The molecule has 0 spiro atoms. The van der Waals surface area contributed by atoms with Gasteiger partial charge in [0, 0.05) is 10.7 Å². The molecular formula is C7H7BrN3+. The van der Waals surface area contributed by atoms with Crippen molar-refractivity contribution in [2.75, 3.05) is 0 Å². The average molecular weight is 213 g/mol. The first-order valence-electron chi connectivity index (χ1n) is 3.25. The van der Waals surface area contributed by atoms with Crippen LogP contribution in [-0.2, 0) is 7.05 Å². The number of rotatable bonds is 0. The molecule has 0 radical (unpaired) electrons. The van der Waals surface area contributed by atoms with E-state index in [2.05, 4.69) is 26.0 Å². The summed E-state index contributed by atoms with van der Waals surface area (Å²) >= 11 is 3.36. The lowest BCUT2D eigenvalue weighted by atomic mass is 10.4. The third-order valence-corrected chi connectivity index (χ3v) is 1.93. The molecule has 0 saturated carbocycles. The number of hydrogen-bond donors (Lipinski definition) is 1. The van der Waals surface area contributed by atoms with Crippen molar-refractivity contribution in [1.29, 1.82) is 0 Å². The number of nitrogens with zero attached hydrogens (tertiary/aromatic N) is 2. The van der Waals surface area contributed by atoms with E-state index in [9.17, 15) is 0 Å². The van der Waals surface area contributed by atoms with Crippen molar-refractivity contribution in [3.05, 3.63) is 22.9 Å². The highest BCUT2D eigenvalue weighted by Gasteiger charge is 2.03. The molecule has 56 valence electrons. The normalized spacial score (nSPS) is 10.7. The molecular weight excluding hydrogens is 206 g/mol. The van der Waals surface area contributed by atoms with E-state index in [1.807, 2.05) is 24.0 Å². The predicted octanol–water partition coefficient (Wildman–Crippen LogP) is 1.15. The van der Waals surface area contributed by atoms with E-state index in [1.54, 1.807) is 6.20 Å². The molecule has 2 aromatic heterocycles. The molecule has 0 atom stereocenters. The van der Waals surface area contributed by atoms with Gasteiger partial charge in [-0.2, -0.15) is 0 Å². The fourth-order valence-corrected chi connectivity index (χ4v) is 1.40. The summed E-state index contributed by atoms with van der Waals surface area (Å²) in [5.41, 5.74) is 0.913. The van der Waals surface area contributed by atoms with E-state index < -0.39 is 0 Å². The SMILES string of the molecule is C[n+]1cc2cc(Br)cnc2[nH]1. The molecule has 0 aliphatic heterocycles. The Morgan fingerprint density at radius 3 is 3.27 bits per heavy atom. The average Bonchev–Trinajstić information content (AvgIpc) is 2.27. The van der Waals surface area contributed by atoms with E-state index in [1.165, 1.54) is 0 Å². The first kappa shape index (κ1) is 6.79. The van der Waals surface area contributed by atoms with Crippen LogP contribution in [0.5, 0.6) is 0 Å². The van der Waals surface area contributed by atoms with E-state index in [-0.39, 0.29) is 0 Å². The van der Waals surface area contributed by atoms with Gasteiger partial charge in [0.15, 0.2) is 12.7 Å². The quantitative estimate of drug-likeness (QED) is 0.654. The molecule has 11 heavy (non-hydrogen) atoms. The van der Waals surface area contributed by atoms with Crippen LogP contribution < -0.4 is 4.68 Å². The van der Waals surface area contributed by atoms with Crippen molar-refractivity contribution in [2.24, 2.45) is 7.05 Å². The van der Waals surface area contributed by atoms with Crippen LogP contribution in [0.4, 0.5) is 0 Å². The Hall–Kier alpha value is -0.900. The molecule has 0 fully saturated rings. The lowest BCUT2D eigenvalue weighted by Crippen LogP contribution is -2.28. The molecule has 0 bridgehead atoms. The molecule has 4 heteroatoms. The van der Waals surface area contributed by atoms with Gasteiger partial charge in [-0.25, -0.2) is 4.98 Å². The number of H-pyrrole nitrogens is 1. The first-order chi connectivity index (χ1) is 5.25. The Balaban J connectivity index is 2.82. The van der Waals surface area contributed by atoms with E-state index in [0.717, 1.165) is 15.5 Å². The zero-order valence-corrected chi connectivity index (χ0v) is 7.59. The van der Waals surface area contributed by atoms with Crippen LogP contribution in [0.25, 0.3) is 11.0 Å². The van der Waals surface area contributed by atoms with E-state index >= 15 is 0 Å². The highest BCUT2D eigenvalue weighted by atomic mass is 79.9. The van der Waals surface area contributed by atoms with E-state index in [4.69, 9.17) is 0 Å². The Kier molecular flexibility index (Phi) is 1.42.